The van der Waals surface area contributed by atoms with Gasteiger partial charge in [-0.05, 0) is 0 Å². The van der Waals surface area contributed by atoms with Gasteiger partial charge < -0.3 is 19.4 Å². The summed E-state index contributed by atoms with van der Waals surface area (Å²) in [6, 6.07) is 0.206. The summed E-state index contributed by atoms with van der Waals surface area (Å²) in [4.78, 5) is 18.1. The number of anilines is 1. The molecule has 0 aliphatic rings. The molecule has 0 saturated carbocycles. The summed E-state index contributed by atoms with van der Waals surface area (Å²) in [5.41, 5.74) is -0.106. The van der Waals surface area contributed by atoms with Crippen molar-refractivity contribution < 1.29 is 14.3 Å². The number of nitrogens with zero attached hydrogens (tertiary/aromatic N) is 3. The molecule has 0 aliphatic heterocycles. The van der Waals surface area contributed by atoms with Gasteiger partial charge in [0, 0.05) is 25.5 Å². The molecule has 2 aromatic rings. The van der Waals surface area contributed by atoms with Gasteiger partial charge in [0.2, 0.25) is 0 Å². The van der Waals surface area contributed by atoms with Crippen LogP contribution in [0, 0.1) is 0 Å². The third-order valence-corrected chi connectivity index (χ3v) is 1.93. The van der Waals surface area contributed by atoms with Crippen molar-refractivity contribution >= 4 is 12.0 Å². The molecule has 0 atom stereocenters. The number of carbonyl (C=O) groups is 1. The molecule has 16 heavy (non-hydrogen) atoms. The molecule has 2 rings (SSSR count). The number of rotatable bonds is 5. The Morgan fingerprint density at radius 2 is 2.50 bits per heavy atom. The Labute approximate surface area is 90.7 Å². The van der Waals surface area contributed by atoms with Crippen LogP contribution in [0.1, 0.15) is 10.5 Å². The summed E-state index contributed by atoms with van der Waals surface area (Å²) in [5.74, 6) is -1.11. The van der Waals surface area contributed by atoms with E-state index < -0.39 is 5.97 Å². The van der Waals surface area contributed by atoms with Crippen LogP contribution < -0.4 is 5.32 Å². The SMILES string of the molecule is O=C(O)c1coc(NCCn2ccnc2)n1. The summed E-state index contributed by atoms with van der Waals surface area (Å²) in [6.07, 6.45) is 6.31. The highest BCUT2D eigenvalue weighted by Crippen LogP contribution is 2.06. The van der Waals surface area contributed by atoms with Gasteiger partial charge in [-0.3, -0.25) is 0 Å². The number of imidazole rings is 1. The lowest BCUT2D eigenvalue weighted by atomic mass is 10.5. The Bertz CT molecular complexity index is 463. The van der Waals surface area contributed by atoms with Crippen LogP contribution in [0.2, 0.25) is 0 Å². The smallest absolute Gasteiger partial charge is 0.357 e. The topological polar surface area (TPSA) is 93.2 Å². The van der Waals surface area contributed by atoms with Crippen molar-refractivity contribution in [3.05, 3.63) is 30.7 Å². The number of nitrogens with one attached hydrogen (secondary N) is 1. The Kier molecular flexibility index (Phi) is 2.86. The molecule has 0 aromatic carbocycles. The number of carboxylic acid groups (broad SMARTS) is 1. The van der Waals surface area contributed by atoms with Crippen LogP contribution >= 0.6 is 0 Å². The number of hydrogen-bond donors (Lipinski definition) is 2. The lowest BCUT2D eigenvalue weighted by Gasteiger charge is -2.01. The van der Waals surface area contributed by atoms with E-state index in [9.17, 15) is 4.79 Å². The van der Waals surface area contributed by atoms with E-state index in [1.165, 1.54) is 0 Å². The Hall–Kier alpha value is -2.31. The minimum Gasteiger partial charge on any atom is -0.476 e. The third-order valence-electron chi connectivity index (χ3n) is 1.93. The second-order valence-electron chi connectivity index (χ2n) is 3.07. The molecule has 0 saturated heterocycles. The zero-order chi connectivity index (χ0) is 11.4. The van der Waals surface area contributed by atoms with Crippen molar-refractivity contribution in [2.45, 2.75) is 6.54 Å². The second kappa shape index (κ2) is 4.47. The lowest BCUT2D eigenvalue weighted by molar-refractivity contribution is 0.0690. The molecule has 0 unspecified atom stereocenters. The number of hydrogen-bond acceptors (Lipinski definition) is 5. The molecule has 84 valence electrons. The fraction of sp³-hybridized carbons (Fsp3) is 0.222. The summed E-state index contributed by atoms with van der Waals surface area (Å²) in [7, 11) is 0. The zero-order valence-corrected chi connectivity index (χ0v) is 8.33. The summed E-state index contributed by atoms with van der Waals surface area (Å²) in [5, 5.41) is 11.5. The van der Waals surface area contributed by atoms with Crippen LogP contribution in [0.25, 0.3) is 0 Å². The van der Waals surface area contributed by atoms with Crippen molar-refractivity contribution in [1.82, 2.24) is 14.5 Å². The van der Waals surface area contributed by atoms with E-state index in [2.05, 4.69) is 15.3 Å². The fourth-order valence-electron chi connectivity index (χ4n) is 1.16. The van der Waals surface area contributed by atoms with E-state index >= 15 is 0 Å². The number of oxazole rings is 1. The fourth-order valence-corrected chi connectivity index (χ4v) is 1.16. The van der Waals surface area contributed by atoms with Gasteiger partial charge in [-0.15, -0.1) is 0 Å². The molecule has 0 amide bonds. The first-order valence-electron chi connectivity index (χ1n) is 4.64. The predicted molar refractivity (Wildman–Crippen MR) is 54.2 cm³/mol. The zero-order valence-electron chi connectivity index (χ0n) is 8.33. The van der Waals surface area contributed by atoms with E-state index in [1.807, 2.05) is 10.8 Å². The van der Waals surface area contributed by atoms with Crippen LogP contribution in [0.5, 0.6) is 0 Å². The summed E-state index contributed by atoms with van der Waals surface area (Å²) >= 11 is 0. The molecule has 2 N–H and O–H groups in total. The van der Waals surface area contributed by atoms with Crippen molar-refractivity contribution in [2.75, 3.05) is 11.9 Å². The average molecular weight is 222 g/mol. The van der Waals surface area contributed by atoms with Crippen LogP contribution in [0.4, 0.5) is 6.01 Å². The average Bonchev–Trinajstić information content (AvgIpc) is 2.87. The highest BCUT2D eigenvalue weighted by Gasteiger charge is 2.09. The normalized spacial score (nSPS) is 10.2. The van der Waals surface area contributed by atoms with E-state index in [0.717, 1.165) is 6.26 Å². The van der Waals surface area contributed by atoms with Gasteiger partial charge in [0.1, 0.15) is 6.26 Å². The molecule has 2 aromatic heterocycles. The molecular formula is C9H10N4O3. The van der Waals surface area contributed by atoms with Gasteiger partial charge in [-0.25, -0.2) is 9.78 Å². The third kappa shape index (κ3) is 2.38. The number of aromatic carboxylic acids is 1. The van der Waals surface area contributed by atoms with Gasteiger partial charge in [0.25, 0.3) is 6.01 Å². The first-order valence-corrected chi connectivity index (χ1v) is 4.64. The first-order chi connectivity index (χ1) is 7.75. The minimum absolute atomic E-state index is 0.106. The van der Waals surface area contributed by atoms with E-state index in [4.69, 9.17) is 9.52 Å². The second-order valence-corrected chi connectivity index (χ2v) is 3.07. The molecule has 0 aliphatic carbocycles. The highest BCUT2D eigenvalue weighted by atomic mass is 16.4. The highest BCUT2D eigenvalue weighted by molar-refractivity contribution is 5.85. The van der Waals surface area contributed by atoms with Crippen LogP contribution in [-0.4, -0.2) is 32.2 Å². The van der Waals surface area contributed by atoms with Gasteiger partial charge in [-0.1, -0.05) is 0 Å². The Morgan fingerprint density at radius 1 is 1.62 bits per heavy atom. The van der Waals surface area contributed by atoms with Crippen molar-refractivity contribution in [3.63, 3.8) is 0 Å². The minimum atomic E-state index is -1.11. The number of aromatic nitrogens is 3. The monoisotopic (exact) mass is 222 g/mol. The standard InChI is InChI=1S/C9H10N4O3/c14-8(15)7-5-16-9(12-7)11-2-4-13-3-1-10-6-13/h1,3,5-6H,2,4H2,(H,11,12)(H,14,15). The maximum Gasteiger partial charge on any atom is 0.357 e. The van der Waals surface area contributed by atoms with Crippen LogP contribution in [0.15, 0.2) is 29.4 Å². The predicted octanol–water partition coefficient (Wildman–Crippen LogP) is 0.681. The van der Waals surface area contributed by atoms with E-state index in [1.54, 1.807) is 12.5 Å². The summed E-state index contributed by atoms with van der Waals surface area (Å²) in [6.45, 7) is 1.28. The molecule has 2 heterocycles. The van der Waals surface area contributed by atoms with Gasteiger partial charge in [0.05, 0.1) is 6.33 Å². The van der Waals surface area contributed by atoms with Gasteiger partial charge >= 0.3 is 5.97 Å². The van der Waals surface area contributed by atoms with Crippen molar-refractivity contribution in [2.24, 2.45) is 0 Å². The van der Waals surface area contributed by atoms with Crippen LogP contribution in [-0.2, 0) is 6.54 Å². The quantitative estimate of drug-likeness (QED) is 0.772. The Balaban J connectivity index is 1.83. The first kappa shape index (κ1) is 10.2. The molecule has 0 bridgehead atoms. The van der Waals surface area contributed by atoms with E-state index in [-0.39, 0.29) is 11.7 Å². The molecule has 0 radical (unpaired) electrons. The van der Waals surface area contributed by atoms with E-state index in [0.29, 0.717) is 13.1 Å². The van der Waals surface area contributed by atoms with Crippen molar-refractivity contribution in [1.29, 1.82) is 0 Å². The largest absolute Gasteiger partial charge is 0.476 e. The number of carboxylic acids is 1. The van der Waals surface area contributed by atoms with Gasteiger partial charge in [0.15, 0.2) is 5.69 Å². The van der Waals surface area contributed by atoms with Crippen LogP contribution in [0.3, 0.4) is 0 Å². The molecule has 7 nitrogen and oxygen atoms in total. The maximum absolute atomic E-state index is 10.5. The Morgan fingerprint density at radius 3 is 3.12 bits per heavy atom. The molecule has 0 spiro atoms. The molecule has 7 heteroatoms. The molecule has 0 fully saturated rings. The lowest BCUT2D eigenvalue weighted by Crippen LogP contribution is -2.09. The molecular weight excluding hydrogens is 212 g/mol. The maximum atomic E-state index is 10.5. The van der Waals surface area contributed by atoms with Gasteiger partial charge in [-0.2, -0.15) is 4.98 Å². The summed E-state index contributed by atoms with van der Waals surface area (Å²) < 4.78 is 6.80. The van der Waals surface area contributed by atoms with Crippen molar-refractivity contribution in [3.8, 4) is 0 Å².